The number of likely N-dealkylation sites (tertiary alicyclic amines) is 1. The maximum Gasteiger partial charge on any atom is 0.317 e. The van der Waals surface area contributed by atoms with Crippen LogP contribution in [0.3, 0.4) is 0 Å². The van der Waals surface area contributed by atoms with E-state index in [1.54, 1.807) is 0 Å². The molecule has 110 valence electrons. The van der Waals surface area contributed by atoms with Crippen LogP contribution in [0.5, 0.6) is 0 Å². The second-order valence-electron chi connectivity index (χ2n) is 5.75. The first kappa shape index (κ1) is 12.6. The number of hydrogen-bond acceptors (Lipinski definition) is 3. The van der Waals surface area contributed by atoms with Gasteiger partial charge in [-0.05, 0) is 18.6 Å². The zero-order valence-electron chi connectivity index (χ0n) is 11.7. The highest BCUT2D eigenvalue weighted by Crippen LogP contribution is 2.26. The summed E-state index contributed by atoms with van der Waals surface area (Å²) in [4.78, 5) is 21.8. The number of urea groups is 1. The Hall–Kier alpha value is -2.08. The zero-order chi connectivity index (χ0) is 14.2. The number of aromatic nitrogens is 2. The Morgan fingerprint density at radius 3 is 3.00 bits per heavy atom. The number of benzene rings is 1. The van der Waals surface area contributed by atoms with Crippen LogP contribution >= 0.6 is 0 Å². The van der Waals surface area contributed by atoms with Gasteiger partial charge in [0.15, 0.2) is 0 Å². The molecule has 1 aromatic carbocycles. The highest BCUT2D eigenvalue weighted by atomic mass is 16.5. The van der Waals surface area contributed by atoms with E-state index in [1.807, 2.05) is 29.2 Å². The number of ether oxygens (including phenoxy) is 1. The normalized spacial score (nSPS) is 22.5. The molecule has 6 nitrogen and oxygen atoms in total. The van der Waals surface area contributed by atoms with E-state index < -0.39 is 0 Å². The number of nitrogens with zero attached hydrogens (tertiary/aromatic N) is 2. The van der Waals surface area contributed by atoms with Crippen molar-refractivity contribution in [3.8, 4) is 0 Å². The van der Waals surface area contributed by atoms with Crippen LogP contribution in [0.15, 0.2) is 24.3 Å². The van der Waals surface area contributed by atoms with E-state index in [1.165, 1.54) is 0 Å². The number of carbonyl (C=O) groups is 1. The van der Waals surface area contributed by atoms with E-state index in [-0.39, 0.29) is 12.1 Å². The topological polar surface area (TPSA) is 70.2 Å². The van der Waals surface area contributed by atoms with E-state index >= 15 is 0 Å². The lowest BCUT2D eigenvalue weighted by Crippen LogP contribution is -2.54. The van der Waals surface area contributed by atoms with Gasteiger partial charge in [0.05, 0.1) is 29.6 Å². The number of H-pyrrole nitrogens is 1. The Balaban J connectivity index is 1.36. The minimum absolute atomic E-state index is 0.0119. The first-order valence-electron chi connectivity index (χ1n) is 7.37. The molecule has 3 heterocycles. The summed E-state index contributed by atoms with van der Waals surface area (Å²) < 4.78 is 5.27. The fourth-order valence-electron chi connectivity index (χ4n) is 2.90. The number of fused-ring (bicyclic) bond motifs is 1. The highest BCUT2D eigenvalue weighted by Gasteiger charge is 2.34. The van der Waals surface area contributed by atoms with Crippen LogP contribution in [0.4, 0.5) is 4.79 Å². The average Bonchev–Trinajstić information content (AvgIpc) is 3.05. The third-order valence-corrected chi connectivity index (χ3v) is 4.22. The van der Waals surface area contributed by atoms with Crippen molar-refractivity contribution in [3.05, 3.63) is 30.1 Å². The Morgan fingerprint density at radius 1 is 1.38 bits per heavy atom. The molecule has 2 amide bonds. The summed E-state index contributed by atoms with van der Waals surface area (Å²) in [6.45, 7) is 2.82. The zero-order valence-corrected chi connectivity index (χ0v) is 11.7. The summed E-state index contributed by atoms with van der Waals surface area (Å²) in [6, 6.07) is 8.18. The molecule has 0 saturated carbocycles. The van der Waals surface area contributed by atoms with E-state index in [9.17, 15) is 4.79 Å². The summed E-state index contributed by atoms with van der Waals surface area (Å²) in [5.41, 5.74) is 2.04. The van der Waals surface area contributed by atoms with Gasteiger partial charge in [0, 0.05) is 19.7 Å². The van der Waals surface area contributed by atoms with Crippen molar-refractivity contribution >= 4 is 17.1 Å². The molecule has 1 aromatic heterocycles. The summed E-state index contributed by atoms with van der Waals surface area (Å²) in [6.07, 6.45) is 0.909. The molecule has 4 rings (SSSR count). The van der Waals surface area contributed by atoms with Gasteiger partial charge in [0.1, 0.15) is 5.82 Å². The van der Waals surface area contributed by atoms with Gasteiger partial charge in [-0.25, -0.2) is 9.78 Å². The lowest BCUT2D eigenvalue weighted by molar-refractivity contribution is 0.142. The van der Waals surface area contributed by atoms with Crippen LogP contribution in [0.2, 0.25) is 0 Å². The maximum absolute atomic E-state index is 12.1. The standard InChI is InChI=1S/C15H18N4O2/c20-15(16-11-5-6-21-9-11)19-7-10(8-19)14-17-12-3-1-2-4-13(12)18-14/h1-4,10-11H,5-9H2,(H,16,20)(H,17,18). The van der Waals surface area contributed by atoms with Crippen LogP contribution in [-0.2, 0) is 4.74 Å². The number of aromatic amines is 1. The monoisotopic (exact) mass is 286 g/mol. The van der Waals surface area contributed by atoms with Crippen molar-refractivity contribution in [2.75, 3.05) is 26.3 Å². The molecule has 21 heavy (non-hydrogen) atoms. The third-order valence-electron chi connectivity index (χ3n) is 4.22. The molecule has 2 saturated heterocycles. The number of rotatable bonds is 2. The molecule has 1 unspecified atom stereocenters. The van der Waals surface area contributed by atoms with Crippen molar-refractivity contribution in [2.24, 2.45) is 0 Å². The van der Waals surface area contributed by atoms with Crippen LogP contribution < -0.4 is 5.32 Å². The van der Waals surface area contributed by atoms with Gasteiger partial charge < -0.3 is 19.9 Å². The summed E-state index contributed by atoms with van der Waals surface area (Å²) in [7, 11) is 0. The van der Waals surface area contributed by atoms with E-state index in [4.69, 9.17) is 4.74 Å². The highest BCUT2D eigenvalue weighted by molar-refractivity contribution is 5.77. The number of nitrogens with one attached hydrogen (secondary N) is 2. The van der Waals surface area contributed by atoms with Crippen molar-refractivity contribution in [1.82, 2.24) is 20.2 Å². The Morgan fingerprint density at radius 2 is 2.24 bits per heavy atom. The first-order chi connectivity index (χ1) is 10.3. The molecule has 0 aliphatic carbocycles. The molecule has 2 aliphatic heterocycles. The van der Waals surface area contributed by atoms with Crippen LogP contribution in [-0.4, -0.2) is 53.2 Å². The molecule has 0 spiro atoms. The summed E-state index contributed by atoms with van der Waals surface area (Å²) in [5.74, 6) is 1.28. The van der Waals surface area contributed by atoms with Crippen molar-refractivity contribution < 1.29 is 9.53 Å². The van der Waals surface area contributed by atoms with Crippen LogP contribution in [0, 0.1) is 0 Å². The predicted molar refractivity (Wildman–Crippen MR) is 78.2 cm³/mol. The summed E-state index contributed by atoms with van der Waals surface area (Å²) in [5, 5.41) is 3.01. The number of para-hydroxylation sites is 2. The smallest absolute Gasteiger partial charge is 0.317 e. The predicted octanol–water partition coefficient (Wildman–Crippen LogP) is 1.46. The van der Waals surface area contributed by atoms with Gasteiger partial charge in [-0.15, -0.1) is 0 Å². The van der Waals surface area contributed by atoms with E-state index in [0.717, 1.165) is 43.0 Å². The lowest BCUT2D eigenvalue weighted by Gasteiger charge is -2.38. The van der Waals surface area contributed by atoms with Gasteiger partial charge in [0.2, 0.25) is 0 Å². The lowest BCUT2D eigenvalue weighted by atomic mass is 10.00. The van der Waals surface area contributed by atoms with Gasteiger partial charge in [-0.1, -0.05) is 12.1 Å². The first-order valence-corrected chi connectivity index (χ1v) is 7.37. The number of carbonyl (C=O) groups excluding carboxylic acids is 1. The number of amides is 2. The molecule has 0 radical (unpaired) electrons. The Bertz CT molecular complexity index is 623. The molecule has 1 atom stereocenters. The minimum Gasteiger partial charge on any atom is -0.379 e. The summed E-state index contributed by atoms with van der Waals surface area (Å²) >= 11 is 0. The van der Waals surface area contributed by atoms with Gasteiger partial charge in [0.25, 0.3) is 0 Å². The average molecular weight is 286 g/mol. The Labute approximate surface area is 122 Å². The fraction of sp³-hybridized carbons (Fsp3) is 0.467. The molecule has 2 aliphatic rings. The third kappa shape index (κ3) is 2.35. The molecule has 6 heteroatoms. The minimum atomic E-state index is 0.0119. The van der Waals surface area contributed by atoms with Gasteiger partial charge >= 0.3 is 6.03 Å². The second kappa shape index (κ2) is 5.04. The van der Waals surface area contributed by atoms with E-state index in [0.29, 0.717) is 12.5 Å². The molecule has 2 fully saturated rings. The quantitative estimate of drug-likeness (QED) is 0.878. The number of imidazole rings is 1. The molecule has 0 bridgehead atoms. The fourth-order valence-corrected chi connectivity index (χ4v) is 2.90. The second-order valence-corrected chi connectivity index (χ2v) is 5.75. The van der Waals surface area contributed by atoms with Crippen molar-refractivity contribution in [3.63, 3.8) is 0 Å². The van der Waals surface area contributed by atoms with E-state index in [2.05, 4.69) is 15.3 Å². The van der Waals surface area contributed by atoms with Crippen LogP contribution in [0.25, 0.3) is 11.0 Å². The molecular formula is C15H18N4O2. The SMILES string of the molecule is O=C(NC1CCOC1)N1CC(c2nc3ccccc3[nH]2)C1. The van der Waals surface area contributed by atoms with Gasteiger partial charge in [-0.2, -0.15) is 0 Å². The van der Waals surface area contributed by atoms with Crippen LogP contribution in [0.1, 0.15) is 18.2 Å². The van der Waals surface area contributed by atoms with Crippen molar-refractivity contribution in [2.45, 2.75) is 18.4 Å². The number of hydrogen-bond donors (Lipinski definition) is 2. The van der Waals surface area contributed by atoms with Gasteiger partial charge in [-0.3, -0.25) is 0 Å². The largest absolute Gasteiger partial charge is 0.379 e. The molecule has 2 N–H and O–H groups in total. The Kier molecular flexibility index (Phi) is 3.03. The molecule has 2 aromatic rings. The van der Waals surface area contributed by atoms with Crippen molar-refractivity contribution in [1.29, 1.82) is 0 Å². The maximum atomic E-state index is 12.1. The molecular weight excluding hydrogens is 268 g/mol.